The molecule has 3 rings (SSSR count). The molecule has 4 N–H and O–H groups in total. The van der Waals surface area contributed by atoms with E-state index in [1.165, 1.54) is 12.1 Å². The molecule has 0 fully saturated rings. The number of nitrogens with two attached hydrogens (primary N) is 1. The quantitative estimate of drug-likeness (QED) is 0.567. The van der Waals surface area contributed by atoms with Crippen LogP contribution in [-0.2, 0) is 23.9 Å². The second-order valence-corrected chi connectivity index (χ2v) is 6.99. The lowest BCUT2D eigenvalue weighted by Crippen LogP contribution is -2.41. The molecular formula is C18H16BrF3N4O. The van der Waals surface area contributed by atoms with E-state index in [0.29, 0.717) is 11.4 Å². The van der Waals surface area contributed by atoms with Gasteiger partial charge in [0.1, 0.15) is 5.82 Å². The number of rotatable bonds is 5. The Morgan fingerprint density at radius 3 is 2.78 bits per heavy atom. The number of carbonyl (C=O) groups is 1. The second-order valence-electron chi connectivity index (χ2n) is 6.07. The number of nitrogens with one attached hydrogen (secondary N) is 2. The van der Waals surface area contributed by atoms with Gasteiger partial charge in [0.05, 0.1) is 29.2 Å². The van der Waals surface area contributed by atoms with E-state index in [4.69, 9.17) is 5.73 Å². The first-order chi connectivity index (χ1) is 12.7. The number of aromatic nitrogens is 2. The van der Waals surface area contributed by atoms with Gasteiger partial charge in [-0.05, 0) is 36.2 Å². The summed E-state index contributed by atoms with van der Waals surface area (Å²) in [6.07, 6.45) is -4.43. The Bertz CT molecular complexity index is 971. The predicted molar refractivity (Wildman–Crippen MR) is 98.8 cm³/mol. The molecule has 0 saturated heterocycles. The van der Waals surface area contributed by atoms with E-state index < -0.39 is 23.7 Å². The smallest absolute Gasteiger partial charge is 0.348 e. The standard InChI is InChI=1S/C18H16BrF3N4O/c19-12-4-5-14-15(8-12)26-16(25-14)9-24-17(27)13(23)7-10-2-1-3-11(6-10)18(20,21)22/h1-6,8,13H,7,9,23H2,(H,24,27)(H,25,26)/t13-/m1/s1. The molecule has 27 heavy (non-hydrogen) atoms. The van der Waals surface area contributed by atoms with Crippen molar-refractivity contribution < 1.29 is 18.0 Å². The van der Waals surface area contributed by atoms with Crippen LogP contribution in [0.15, 0.2) is 46.9 Å². The highest BCUT2D eigenvalue weighted by Crippen LogP contribution is 2.29. The Morgan fingerprint density at radius 2 is 2.04 bits per heavy atom. The van der Waals surface area contributed by atoms with Crippen molar-refractivity contribution in [3.05, 3.63) is 63.9 Å². The van der Waals surface area contributed by atoms with Crippen molar-refractivity contribution in [3.8, 4) is 0 Å². The molecule has 0 aliphatic heterocycles. The third-order valence-electron chi connectivity index (χ3n) is 3.97. The van der Waals surface area contributed by atoms with Crippen molar-refractivity contribution in [2.45, 2.75) is 25.2 Å². The van der Waals surface area contributed by atoms with Crippen LogP contribution in [0.5, 0.6) is 0 Å². The molecule has 2 aromatic carbocycles. The summed E-state index contributed by atoms with van der Waals surface area (Å²) in [6.45, 7) is 0.140. The lowest BCUT2D eigenvalue weighted by Gasteiger charge is -2.13. The number of fused-ring (bicyclic) bond motifs is 1. The molecule has 0 saturated carbocycles. The van der Waals surface area contributed by atoms with Crippen LogP contribution in [0, 0.1) is 0 Å². The second kappa shape index (κ2) is 7.69. The van der Waals surface area contributed by atoms with Gasteiger partial charge in [-0.15, -0.1) is 0 Å². The first kappa shape index (κ1) is 19.4. The van der Waals surface area contributed by atoms with E-state index in [-0.39, 0.29) is 13.0 Å². The predicted octanol–water partition coefficient (Wildman–Crippen LogP) is 3.53. The first-order valence-corrected chi connectivity index (χ1v) is 8.85. The number of halogens is 4. The zero-order valence-electron chi connectivity index (χ0n) is 14.0. The Kier molecular flexibility index (Phi) is 5.52. The minimum atomic E-state index is -4.43. The van der Waals surface area contributed by atoms with E-state index in [0.717, 1.165) is 27.6 Å². The number of amides is 1. The molecule has 1 atom stereocenters. The maximum Gasteiger partial charge on any atom is 0.416 e. The third-order valence-corrected chi connectivity index (χ3v) is 4.46. The molecule has 9 heteroatoms. The highest BCUT2D eigenvalue weighted by Gasteiger charge is 2.30. The zero-order valence-corrected chi connectivity index (χ0v) is 15.6. The van der Waals surface area contributed by atoms with Crippen LogP contribution in [0.3, 0.4) is 0 Å². The first-order valence-electron chi connectivity index (χ1n) is 8.06. The minimum absolute atomic E-state index is 0.00281. The molecule has 1 aromatic heterocycles. The monoisotopic (exact) mass is 440 g/mol. The average molecular weight is 441 g/mol. The van der Waals surface area contributed by atoms with Gasteiger partial charge in [0.15, 0.2) is 0 Å². The maximum absolute atomic E-state index is 12.8. The molecular weight excluding hydrogens is 425 g/mol. The summed E-state index contributed by atoms with van der Waals surface area (Å²) < 4.78 is 39.2. The highest BCUT2D eigenvalue weighted by molar-refractivity contribution is 9.10. The van der Waals surface area contributed by atoms with E-state index in [2.05, 4.69) is 31.2 Å². The molecule has 1 heterocycles. The lowest BCUT2D eigenvalue weighted by atomic mass is 10.0. The van der Waals surface area contributed by atoms with Crippen LogP contribution in [0.25, 0.3) is 11.0 Å². The summed E-state index contributed by atoms with van der Waals surface area (Å²) in [7, 11) is 0. The van der Waals surface area contributed by atoms with Crippen LogP contribution >= 0.6 is 15.9 Å². The van der Waals surface area contributed by atoms with Crippen molar-refractivity contribution >= 4 is 32.9 Å². The normalized spacial score (nSPS) is 12.9. The largest absolute Gasteiger partial charge is 0.416 e. The number of imidazole rings is 1. The summed E-state index contributed by atoms with van der Waals surface area (Å²) in [5, 5.41) is 2.65. The van der Waals surface area contributed by atoms with Gasteiger partial charge in [-0.25, -0.2) is 4.98 Å². The van der Waals surface area contributed by atoms with Gasteiger partial charge in [-0.3, -0.25) is 4.79 Å². The number of aromatic amines is 1. The summed E-state index contributed by atoms with van der Waals surface area (Å²) >= 11 is 3.37. The summed E-state index contributed by atoms with van der Waals surface area (Å²) in [6, 6.07) is 9.39. The lowest BCUT2D eigenvalue weighted by molar-refractivity contribution is -0.137. The van der Waals surface area contributed by atoms with Crippen LogP contribution in [0.2, 0.25) is 0 Å². The summed E-state index contributed by atoms with van der Waals surface area (Å²) in [4.78, 5) is 19.6. The fourth-order valence-electron chi connectivity index (χ4n) is 2.64. The van der Waals surface area contributed by atoms with Gasteiger partial charge < -0.3 is 16.0 Å². The van der Waals surface area contributed by atoms with Gasteiger partial charge in [0, 0.05) is 4.47 Å². The number of carbonyl (C=O) groups excluding carboxylic acids is 1. The molecule has 5 nitrogen and oxygen atoms in total. The van der Waals surface area contributed by atoms with Crippen molar-refractivity contribution in [1.29, 1.82) is 0 Å². The van der Waals surface area contributed by atoms with Gasteiger partial charge in [-0.2, -0.15) is 13.2 Å². The van der Waals surface area contributed by atoms with E-state index in [1.54, 1.807) is 0 Å². The molecule has 0 bridgehead atoms. The molecule has 0 aliphatic rings. The molecule has 0 aliphatic carbocycles. The maximum atomic E-state index is 12.8. The minimum Gasteiger partial charge on any atom is -0.348 e. The van der Waals surface area contributed by atoms with Crippen LogP contribution in [-0.4, -0.2) is 21.9 Å². The topological polar surface area (TPSA) is 83.8 Å². The molecule has 142 valence electrons. The van der Waals surface area contributed by atoms with Crippen molar-refractivity contribution in [1.82, 2.24) is 15.3 Å². The van der Waals surface area contributed by atoms with Gasteiger partial charge in [0.25, 0.3) is 0 Å². The van der Waals surface area contributed by atoms with Gasteiger partial charge in [-0.1, -0.05) is 34.1 Å². The Labute approximate surface area is 161 Å². The number of alkyl halides is 3. The molecule has 1 amide bonds. The van der Waals surface area contributed by atoms with Gasteiger partial charge in [0.2, 0.25) is 5.91 Å². The summed E-state index contributed by atoms with van der Waals surface area (Å²) in [5.41, 5.74) is 7.00. The SMILES string of the molecule is N[C@H](Cc1cccc(C(F)(F)F)c1)C(=O)NCc1nc2ccc(Br)cc2[nH]1. The van der Waals surface area contributed by atoms with Crippen molar-refractivity contribution in [2.75, 3.05) is 0 Å². The third kappa shape index (κ3) is 4.86. The zero-order chi connectivity index (χ0) is 19.6. The molecule has 0 unspecified atom stereocenters. The fourth-order valence-corrected chi connectivity index (χ4v) is 3.00. The van der Waals surface area contributed by atoms with Crippen molar-refractivity contribution in [2.24, 2.45) is 5.73 Å². The Balaban J connectivity index is 1.60. The number of hydrogen-bond acceptors (Lipinski definition) is 3. The van der Waals surface area contributed by atoms with E-state index in [1.807, 2.05) is 18.2 Å². The molecule has 0 radical (unpaired) electrons. The summed E-state index contributed by atoms with van der Waals surface area (Å²) in [5.74, 6) is 0.0942. The molecule has 3 aromatic rings. The van der Waals surface area contributed by atoms with Crippen LogP contribution < -0.4 is 11.1 Å². The number of nitrogens with zero attached hydrogens (tertiary/aromatic N) is 1. The van der Waals surface area contributed by atoms with Crippen molar-refractivity contribution in [3.63, 3.8) is 0 Å². The Morgan fingerprint density at radius 1 is 1.26 bits per heavy atom. The number of benzene rings is 2. The number of H-pyrrole nitrogens is 1. The van der Waals surface area contributed by atoms with Gasteiger partial charge >= 0.3 is 6.18 Å². The van der Waals surface area contributed by atoms with E-state index in [9.17, 15) is 18.0 Å². The Hall–Kier alpha value is -2.39. The van der Waals surface area contributed by atoms with Crippen LogP contribution in [0.1, 0.15) is 17.0 Å². The molecule has 0 spiro atoms. The van der Waals surface area contributed by atoms with E-state index >= 15 is 0 Å². The average Bonchev–Trinajstić information content (AvgIpc) is 3.01. The van der Waals surface area contributed by atoms with Crippen LogP contribution in [0.4, 0.5) is 13.2 Å². The highest BCUT2D eigenvalue weighted by atomic mass is 79.9. The fraction of sp³-hybridized carbons (Fsp3) is 0.222. The number of hydrogen-bond donors (Lipinski definition) is 3.